The number of rotatable bonds is 6. The van der Waals surface area contributed by atoms with Crippen molar-refractivity contribution in [2.24, 2.45) is 0 Å². The molecule has 0 aromatic heterocycles. The van der Waals surface area contributed by atoms with Gasteiger partial charge in [-0.3, -0.25) is 0 Å². The van der Waals surface area contributed by atoms with Crippen LogP contribution in [0.1, 0.15) is 13.8 Å². The molecule has 0 aromatic rings. The number of hydrogen-bond acceptors (Lipinski definition) is 6. The van der Waals surface area contributed by atoms with Gasteiger partial charge in [0.05, 0.1) is 31.6 Å². The number of ether oxygens (including phenoxy) is 3. The normalized spacial score (nSPS) is 9.88. The van der Waals surface area contributed by atoms with E-state index in [4.69, 9.17) is 10.00 Å². The monoisotopic (exact) mass is 227 g/mol. The average Bonchev–Trinajstić information content (AvgIpc) is 2.25. The van der Waals surface area contributed by atoms with Crippen LogP contribution in [0.2, 0.25) is 0 Å². The van der Waals surface area contributed by atoms with Crippen molar-refractivity contribution in [1.82, 2.24) is 0 Å². The Morgan fingerprint density at radius 2 is 1.75 bits per heavy atom. The molecule has 0 aromatic carbocycles. The zero-order valence-corrected chi connectivity index (χ0v) is 9.13. The molecule has 0 rings (SSSR count). The average molecular weight is 227 g/mol. The highest BCUT2D eigenvalue weighted by Crippen LogP contribution is 2.00. The van der Waals surface area contributed by atoms with Gasteiger partial charge in [-0.15, -0.1) is 0 Å². The van der Waals surface area contributed by atoms with E-state index in [-0.39, 0.29) is 13.2 Å². The van der Waals surface area contributed by atoms with Gasteiger partial charge >= 0.3 is 11.9 Å². The molecule has 0 saturated heterocycles. The molecule has 0 fully saturated rings. The van der Waals surface area contributed by atoms with Crippen LogP contribution in [0.15, 0.2) is 12.3 Å². The largest absolute Gasteiger partial charge is 0.474 e. The van der Waals surface area contributed by atoms with Gasteiger partial charge < -0.3 is 14.2 Å². The Balaban J connectivity index is 4.50. The van der Waals surface area contributed by atoms with E-state index in [1.165, 1.54) is 0 Å². The summed E-state index contributed by atoms with van der Waals surface area (Å²) in [5, 5.41) is 8.21. The van der Waals surface area contributed by atoms with Crippen LogP contribution in [0.25, 0.3) is 0 Å². The molecular weight excluding hydrogens is 214 g/mol. The van der Waals surface area contributed by atoms with E-state index in [9.17, 15) is 9.59 Å². The molecule has 0 aliphatic rings. The lowest BCUT2D eigenvalue weighted by atomic mass is 10.3. The lowest BCUT2D eigenvalue weighted by Crippen LogP contribution is -2.35. The van der Waals surface area contributed by atoms with Gasteiger partial charge in [0.1, 0.15) is 0 Å². The van der Waals surface area contributed by atoms with E-state index in [0.29, 0.717) is 0 Å². The van der Waals surface area contributed by atoms with Crippen molar-refractivity contribution in [1.29, 1.82) is 5.26 Å². The van der Waals surface area contributed by atoms with E-state index in [0.717, 1.165) is 12.3 Å². The Morgan fingerprint density at radius 1 is 1.25 bits per heavy atom. The molecule has 0 radical (unpaired) electrons. The fraction of sp³-hybridized carbons (Fsp3) is 0.500. The molecule has 16 heavy (non-hydrogen) atoms. The fourth-order valence-electron chi connectivity index (χ4n) is 0.792. The minimum Gasteiger partial charge on any atom is -0.474 e. The third-order valence-electron chi connectivity index (χ3n) is 1.36. The highest BCUT2D eigenvalue weighted by atomic mass is 16.6. The summed E-state index contributed by atoms with van der Waals surface area (Å²) in [5.74, 6) is -1.69. The maximum absolute atomic E-state index is 11.3. The van der Waals surface area contributed by atoms with Crippen LogP contribution in [-0.4, -0.2) is 31.3 Å². The molecule has 0 unspecified atom stereocenters. The standard InChI is InChI=1S/C10H13NO5/c1-3-14-9(12)8(10(13)15-4-2)16-7-5-6-11/h5,7-8H,3-4H2,1-2H3/b7-5-. The molecule has 0 bridgehead atoms. The first-order valence-corrected chi connectivity index (χ1v) is 4.70. The van der Waals surface area contributed by atoms with Gasteiger partial charge in [0.25, 0.3) is 6.10 Å². The lowest BCUT2D eigenvalue weighted by Gasteiger charge is -2.13. The fourth-order valence-corrected chi connectivity index (χ4v) is 0.792. The first-order chi connectivity index (χ1) is 7.67. The maximum Gasteiger partial charge on any atom is 0.359 e. The number of carbonyl (C=O) groups is 2. The molecule has 0 aliphatic heterocycles. The van der Waals surface area contributed by atoms with Crippen LogP contribution in [0.3, 0.4) is 0 Å². The van der Waals surface area contributed by atoms with Crippen LogP contribution in [-0.2, 0) is 23.8 Å². The Bertz CT molecular complexity index is 287. The quantitative estimate of drug-likeness (QED) is 0.285. The Morgan fingerprint density at radius 3 is 2.12 bits per heavy atom. The van der Waals surface area contributed by atoms with Crippen molar-refractivity contribution in [3.8, 4) is 6.07 Å². The molecule has 0 saturated carbocycles. The van der Waals surface area contributed by atoms with Gasteiger partial charge in [0.2, 0.25) is 0 Å². The van der Waals surface area contributed by atoms with Gasteiger partial charge in [0.15, 0.2) is 0 Å². The topological polar surface area (TPSA) is 85.6 Å². The first-order valence-electron chi connectivity index (χ1n) is 4.70. The number of nitrogens with zero attached hydrogens (tertiary/aromatic N) is 1. The van der Waals surface area contributed by atoms with Crippen molar-refractivity contribution in [2.45, 2.75) is 20.0 Å². The van der Waals surface area contributed by atoms with Crippen molar-refractivity contribution in [3.05, 3.63) is 12.3 Å². The minimum atomic E-state index is -1.48. The number of nitriles is 1. The molecular formula is C10H13NO5. The minimum absolute atomic E-state index is 0.125. The van der Waals surface area contributed by atoms with E-state index in [1.807, 2.05) is 0 Å². The van der Waals surface area contributed by atoms with Gasteiger partial charge in [-0.05, 0) is 13.8 Å². The van der Waals surface area contributed by atoms with Crippen LogP contribution in [0.5, 0.6) is 0 Å². The summed E-state index contributed by atoms with van der Waals surface area (Å²) < 4.78 is 14.0. The Kier molecular flexibility index (Phi) is 7.24. The predicted molar refractivity (Wildman–Crippen MR) is 52.9 cm³/mol. The highest BCUT2D eigenvalue weighted by Gasteiger charge is 2.30. The summed E-state index contributed by atoms with van der Waals surface area (Å²) in [6.45, 7) is 3.45. The van der Waals surface area contributed by atoms with Crippen molar-refractivity contribution < 1.29 is 23.8 Å². The molecule has 0 aliphatic carbocycles. The predicted octanol–water partition coefficient (Wildman–Crippen LogP) is 0.535. The Labute approximate surface area is 93.4 Å². The van der Waals surface area contributed by atoms with E-state index < -0.39 is 18.0 Å². The van der Waals surface area contributed by atoms with Gasteiger partial charge in [0, 0.05) is 0 Å². The smallest absolute Gasteiger partial charge is 0.359 e. The second-order valence-corrected chi connectivity index (χ2v) is 2.45. The zero-order chi connectivity index (χ0) is 12.4. The van der Waals surface area contributed by atoms with Gasteiger partial charge in [-0.1, -0.05) is 0 Å². The second kappa shape index (κ2) is 8.29. The van der Waals surface area contributed by atoms with Gasteiger partial charge in [-0.25, -0.2) is 9.59 Å². The molecule has 0 heterocycles. The van der Waals surface area contributed by atoms with Crippen molar-refractivity contribution >= 4 is 11.9 Å². The summed E-state index contributed by atoms with van der Waals surface area (Å²) in [6.07, 6.45) is 0.453. The lowest BCUT2D eigenvalue weighted by molar-refractivity contribution is -0.168. The molecule has 0 amide bonds. The van der Waals surface area contributed by atoms with E-state index in [1.54, 1.807) is 19.9 Å². The zero-order valence-electron chi connectivity index (χ0n) is 9.13. The van der Waals surface area contributed by atoms with Gasteiger partial charge in [-0.2, -0.15) is 5.26 Å². The third kappa shape index (κ3) is 5.00. The third-order valence-corrected chi connectivity index (χ3v) is 1.36. The van der Waals surface area contributed by atoms with Crippen molar-refractivity contribution in [3.63, 3.8) is 0 Å². The number of carbonyl (C=O) groups excluding carboxylic acids is 2. The summed E-state index contributed by atoms with van der Waals surface area (Å²) in [4.78, 5) is 22.6. The number of allylic oxidation sites excluding steroid dienone is 1. The Hall–Kier alpha value is -2.03. The number of hydrogen-bond donors (Lipinski definition) is 0. The van der Waals surface area contributed by atoms with Crippen molar-refractivity contribution in [2.75, 3.05) is 13.2 Å². The van der Waals surface area contributed by atoms with Crippen LogP contribution >= 0.6 is 0 Å². The summed E-state index contributed by atoms with van der Waals surface area (Å²) >= 11 is 0. The summed E-state index contributed by atoms with van der Waals surface area (Å²) in [5.41, 5.74) is 0. The van der Waals surface area contributed by atoms with E-state index >= 15 is 0 Å². The maximum atomic E-state index is 11.3. The second-order valence-electron chi connectivity index (χ2n) is 2.45. The molecule has 88 valence electrons. The SMILES string of the molecule is CCOC(=O)C(O/C=C\C#N)C(=O)OCC. The molecule has 6 heteroatoms. The molecule has 0 atom stereocenters. The molecule has 0 spiro atoms. The summed E-state index contributed by atoms with van der Waals surface area (Å²) in [6, 6.07) is 1.66. The summed E-state index contributed by atoms with van der Waals surface area (Å²) in [7, 11) is 0. The van der Waals surface area contributed by atoms with E-state index in [2.05, 4.69) is 9.47 Å². The molecule has 0 N–H and O–H groups in total. The van der Waals surface area contributed by atoms with Crippen LogP contribution in [0.4, 0.5) is 0 Å². The molecule has 6 nitrogen and oxygen atoms in total. The van der Waals surface area contributed by atoms with Crippen LogP contribution in [0, 0.1) is 11.3 Å². The highest BCUT2D eigenvalue weighted by molar-refractivity contribution is 5.98. The first kappa shape index (κ1) is 14.0. The number of esters is 2. The van der Waals surface area contributed by atoms with Crippen LogP contribution < -0.4 is 0 Å².